The number of hydrazine groups is 1. The van der Waals surface area contributed by atoms with Crippen LogP contribution in [0.5, 0.6) is 0 Å². The minimum absolute atomic E-state index is 0.434. The van der Waals surface area contributed by atoms with Crippen molar-refractivity contribution in [2.24, 2.45) is 11.8 Å². The molecule has 19 heavy (non-hydrogen) atoms. The maximum atomic E-state index is 5.44. The Morgan fingerprint density at radius 2 is 2.21 bits per heavy atom. The number of nitrogens with one attached hydrogen (secondary N) is 1. The molecule has 0 amide bonds. The van der Waals surface area contributed by atoms with E-state index in [0.717, 1.165) is 16.7 Å². The average molecular weight is 282 g/mol. The van der Waals surface area contributed by atoms with Crippen LogP contribution in [-0.4, -0.2) is 22.3 Å². The Hall–Kier alpha value is -0.850. The molecule has 5 nitrogen and oxygen atoms in total. The first-order valence-electron chi connectivity index (χ1n) is 6.87. The van der Waals surface area contributed by atoms with E-state index < -0.39 is 0 Å². The topological polar surface area (TPSA) is 73.1 Å². The van der Waals surface area contributed by atoms with E-state index in [2.05, 4.69) is 15.4 Å². The molecular formula is C13H22N4OS. The second-order valence-electron chi connectivity index (χ2n) is 4.75. The molecule has 0 unspecified atom stereocenters. The highest BCUT2D eigenvalue weighted by molar-refractivity contribution is 7.99. The fourth-order valence-corrected chi connectivity index (χ4v) is 3.36. The van der Waals surface area contributed by atoms with Gasteiger partial charge in [-0.1, -0.05) is 12.8 Å². The summed E-state index contributed by atoms with van der Waals surface area (Å²) in [6, 6.07) is 1.90. The smallest absolute Gasteiger partial charge is 0.157 e. The summed E-state index contributed by atoms with van der Waals surface area (Å²) in [7, 11) is 0. The normalized spacial score (nSPS) is 15.9. The van der Waals surface area contributed by atoms with E-state index in [4.69, 9.17) is 10.6 Å². The lowest BCUT2D eigenvalue weighted by Gasteiger charge is -2.10. The summed E-state index contributed by atoms with van der Waals surface area (Å²) < 4.78 is 5.35. The first kappa shape index (κ1) is 14.6. The summed E-state index contributed by atoms with van der Waals surface area (Å²) in [5.41, 5.74) is 2.59. The van der Waals surface area contributed by atoms with Gasteiger partial charge in [0.15, 0.2) is 5.82 Å². The van der Waals surface area contributed by atoms with E-state index >= 15 is 0 Å². The molecule has 0 spiro atoms. The molecular weight excluding hydrogens is 260 g/mol. The summed E-state index contributed by atoms with van der Waals surface area (Å²) >= 11 is 1.79. The van der Waals surface area contributed by atoms with Crippen molar-refractivity contribution < 1.29 is 4.74 Å². The second kappa shape index (κ2) is 7.67. The molecule has 1 aromatic rings. The van der Waals surface area contributed by atoms with Gasteiger partial charge in [0.2, 0.25) is 0 Å². The SMILES string of the molecule is CCOCc1nc(NN)cc(SCC2CCCC2)n1. The molecule has 0 aromatic carbocycles. The number of hydrogen-bond donors (Lipinski definition) is 2. The molecule has 0 bridgehead atoms. The minimum atomic E-state index is 0.434. The van der Waals surface area contributed by atoms with Crippen molar-refractivity contribution in [3.8, 4) is 0 Å². The van der Waals surface area contributed by atoms with Gasteiger partial charge < -0.3 is 10.2 Å². The third kappa shape index (κ3) is 4.63. The number of anilines is 1. The van der Waals surface area contributed by atoms with Crippen LogP contribution in [0.15, 0.2) is 11.1 Å². The van der Waals surface area contributed by atoms with Gasteiger partial charge in [0.05, 0.1) is 0 Å². The Morgan fingerprint density at radius 3 is 2.89 bits per heavy atom. The molecule has 2 rings (SSSR count). The maximum absolute atomic E-state index is 5.44. The van der Waals surface area contributed by atoms with Crippen LogP contribution < -0.4 is 11.3 Å². The Labute approximate surface area is 118 Å². The van der Waals surface area contributed by atoms with Gasteiger partial charge in [-0.25, -0.2) is 15.8 Å². The van der Waals surface area contributed by atoms with E-state index in [1.807, 2.05) is 13.0 Å². The summed E-state index contributed by atoms with van der Waals surface area (Å²) in [6.45, 7) is 3.05. The Bertz CT molecular complexity index is 396. The highest BCUT2D eigenvalue weighted by Crippen LogP contribution is 2.30. The Morgan fingerprint density at radius 1 is 1.42 bits per heavy atom. The van der Waals surface area contributed by atoms with Gasteiger partial charge in [-0.3, -0.25) is 0 Å². The molecule has 0 radical (unpaired) electrons. The van der Waals surface area contributed by atoms with E-state index in [1.54, 1.807) is 11.8 Å². The number of nitrogen functional groups attached to an aromatic ring is 1. The molecule has 1 saturated carbocycles. The molecule has 106 valence electrons. The van der Waals surface area contributed by atoms with Crippen LogP contribution >= 0.6 is 11.8 Å². The second-order valence-corrected chi connectivity index (χ2v) is 5.79. The predicted molar refractivity (Wildman–Crippen MR) is 77.9 cm³/mol. The molecule has 1 aliphatic rings. The molecule has 1 aromatic heterocycles. The largest absolute Gasteiger partial charge is 0.374 e. The minimum Gasteiger partial charge on any atom is -0.374 e. The molecule has 3 N–H and O–H groups in total. The molecule has 1 heterocycles. The van der Waals surface area contributed by atoms with Gasteiger partial charge in [0, 0.05) is 18.4 Å². The number of thioether (sulfide) groups is 1. The number of aromatic nitrogens is 2. The number of nitrogens with zero attached hydrogens (tertiary/aromatic N) is 2. The van der Waals surface area contributed by atoms with Crippen molar-refractivity contribution in [2.75, 3.05) is 17.8 Å². The van der Waals surface area contributed by atoms with Crippen molar-refractivity contribution in [1.82, 2.24) is 9.97 Å². The Balaban J connectivity index is 1.96. The summed E-state index contributed by atoms with van der Waals surface area (Å²) in [6.07, 6.45) is 5.46. The first-order valence-corrected chi connectivity index (χ1v) is 7.85. The van der Waals surface area contributed by atoms with Crippen LogP contribution in [0.25, 0.3) is 0 Å². The number of rotatable bonds is 7. The quantitative estimate of drug-likeness (QED) is 0.346. The summed E-state index contributed by atoms with van der Waals surface area (Å²) in [5, 5.41) is 0.976. The van der Waals surface area contributed by atoms with Crippen LogP contribution in [0.1, 0.15) is 38.4 Å². The van der Waals surface area contributed by atoms with E-state index in [-0.39, 0.29) is 0 Å². The van der Waals surface area contributed by atoms with Crippen LogP contribution in [-0.2, 0) is 11.3 Å². The molecule has 0 saturated heterocycles. The highest BCUT2D eigenvalue weighted by Gasteiger charge is 2.15. The van der Waals surface area contributed by atoms with Crippen LogP contribution in [0.2, 0.25) is 0 Å². The molecule has 1 fully saturated rings. The first-order chi connectivity index (χ1) is 9.31. The van der Waals surface area contributed by atoms with Gasteiger partial charge in [-0.05, 0) is 25.7 Å². The standard InChI is InChI=1S/C13H22N4OS/c1-2-18-8-12-15-11(17-14)7-13(16-12)19-9-10-5-3-4-6-10/h7,10H,2-6,8-9,14H2,1H3,(H,15,16,17). The van der Waals surface area contributed by atoms with Gasteiger partial charge in [0.1, 0.15) is 17.5 Å². The molecule has 0 atom stereocenters. The van der Waals surface area contributed by atoms with Gasteiger partial charge in [0.25, 0.3) is 0 Å². The lowest BCUT2D eigenvalue weighted by molar-refractivity contribution is 0.128. The molecule has 1 aliphatic carbocycles. The summed E-state index contributed by atoms with van der Waals surface area (Å²) in [4.78, 5) is 8.79. The Kier molecular flexibility index (Phi) is 5.88. The third-order valence-electron chi connectivity index (χ3n) is 3.27. The number of ether oxygens (including phenoxy) is 1. The zero-order valence-corrected chi connectivity index (χ0v) is 12.2. The van der Waals surface area contributed by atoms with Gasteiger partial charge in [-0.2, -0.15) is 0 Å². The van der Waals surface area contributed by atoms with Crippen molar-refractivity contribution >= 4 is 17.6 Å². The van der Waals surface area contributed by atoms with Gasteiger partial charge in [-0.15, -0.1) is 11.8 Å². The number of nitrogens with two attached hydrogens (primary N) is 1. The molecule has 6 heteroatoms. The maximum Gasteiger partial charge on any atom is 0.157 e. The van der Waals surface area contributed by atoms with Crippen molar-refractivity contribution in [3.05, 3.63) is 11.9 Å². The lowest BCUT2D eigenvalue weighted by Crippen LogP contribution is -2.11. The van der Waals surface area contributed by atoms with Crippen molar-refractivity contribution in [1.29, 1.82) is 0 Å². The van der Waals surface area contributed by atoms with Crippen LogP contribution in [0, 0.1) is 5.92 Å². The van der Waals surface area contributed by atoms with E-state index in [1.165, 1.54) is 25.7 Å². The van der Waals surface area contributed by atoms with E-state index in [0.29, 0.717) is 24.9 Å². The molecule has 0 aliphatic heterocycles. The van der Waals surface area contributed by atoms with Crippen LogP contribution in [0.3, 0.4) is 0 Å². The monoisotopic (exact) mass is 282 g/mol. The lowest BCUT2D eigenvalue weighted by atomic mass is 10.1. The van der Waals surface area contributed by atoms with Crippen molar-refractivity contribution in [3.63, 3.8) is 0 Å². The fourth-order valence-electron chi connectivity index (χ4n) is 2.26. The summed E-state index contributed by atoms with van der Waals surface area (Å²) in [5.74, 6) is 8.75. The van der Waals surface area contributed by atoms with Gasteiger partial charge >= 0.3 is 0 Å². The van der Waals surface area contributed by atoms with Crippen molar-refractivity contribution in [2.45, 2.75) is 44.2 Å². The van der Waals surface area contributed by atoms with Crippen LogP contribution in [0.4, 0.5) is 5.82 Å². The van der Waals surface area contributed by atoms with E-state index in [9.17, 15) is 0 Å². The zero-order chi connectivity index (χ0) is 13.5. The zero-order valence-electron chi connectivity index (χ0n) is 11.4. The highest BCUT2D eigenvalue weighted by atomic mass is 32.2. The predicted octanol–water partition coefficient (Wildman–Crippen LogP) is 2.58. The average Bonchev–Trinajstić information content (AvgIpc) is 2.96. The fraction of sp³-hybridized carbons (Fsp3) is 0.692. The third-order valence-corrected chi connectivity index (χ3v) is 4.42. The number of hydrogen-bond acceptors (Lipinski definition) is 6.